The maximum absolute atomic E-state index is 14.1. The molecule has 0 radical (unpaired) electrons. The molecule has 0 amide bonds. The van der Waals surface area contributed by atoms with Crippen LogP contribution in [0.1, 0.15) is 68.2 Å². The number of carbonyl (C=O) groups is 3. The highest BCUT2D eigenvalue weighted by Gasteiger charge is 2.77. The quantitative estimate of drug-likeness (QED) is 0.499. The molecule has 5 rings (SSSR count). The van der Waals surface area contributed by atoms with Gasteiger partial charge in [-0.25, -0.2) is 0 Å². The number of ketones is 2. The topological polar surface area (TPSA) is 116 Å². The smallest absolute Gasteiger partial charge is 0.302 e. The zero-order valence-electron chi connectivity index (χ0n) is 20.6. The number of carbonyl (C=O) groups excluding carboxylic acids is 3. The Bertz CT molecular complexity index is 1130. The summed E-state index contributed by atoms with van der Waals surface area (Å²) < 4.78 is 23.0. The van der Waals surface area contributed by atoms with Gasteiger partial charge in [-0.2, -0.15) is 0 Å². The number of hydrogen-bond acceptors (Lipinski definition) is 8. The van der Waals surface area contributed by atoms with Gasteiger partial charge in [0.05, 0.1) is 52.8 Å². The predicted octanol–water partition coefficient (Wildman–Crippen LogP) is 4.08. The van der Waals surface area contributed by atoms with Gasteiger partial charge in [0.25, 0.3) is 0 Å². The fourth-order valence-electron chi connectivity index (χ4n) is 7.59. The van der Waals surface area contributed by atoms with Crippen molar-refractivity contribution in [3.63, 3.8) is 0 Å². The minimum absolute atomic E-state index is 0.151. The predicted molar refractivity (Wildman–Crippen MR) is 123 cm³/mol. The van der Waals surface area contributed by atoms with Gasteiger partial charge in [0.1, 0.15) is 18.6 Å². The van der Waals surface area contributed by atoms with Crippen molar-refractivity contribution in [2.75, 3.05) is 0 Å². The van der Waals surface area contributed by atoms with Crippen LogP contribution in [0.2, 0.25) is 0 Å². The fraction of sp³-hybridized carbons (Fsp3) is 0.593. The summed E-state index contributed by atoms with van der Waals surface area (Å²) in [6, 6.07) is 3.13. The number of Topliss-reactive ketones (excluding diaryl/α,β-unsaturated/α-hetero) is 2. The monoisotopic (exact) mass is 484 g/mol. The maximum atomic E-state index is 14.1. The molecule has 8 nitrogen and oxygen atoms in total. The Kier molecular flexibility index (Phi) is 5.42. The molecule has 2 saturated carbocycles. The number of fused-ring (bicyclic) bond motifs is 1. The van der Waals surface area contributed by atoms with E-state index in [-0.39, 0.29) is 23.4 Å². The third kappa shape index (κ3) is 3.22. The Balaban J connectivity index is 1.76. The molecule has 35 heavy (non-hydrogen) atoms. The van der Waals surface area contributed by atoms with Crippen molar-refractivity contribution in [2.24, 2.45) is 29.1 Å². The second-order valence-electron chi connectivity index (χ2n) is 11.2. The summed E-state index contributed by atoms with van der Waals surface area (Å²) in [4.78, 5) is 40.3. The van der Waals surface area contributed by atoms with Crippen LogP contribution in [-0.2, 0) is 14.3 Å². The van der Waals surface area contributed by atoms with Crippen molar-refractivity contribution < 1.29 is 37.8 Å². The Morgan fingerprint density at radius 1 is 1.00 bits per heavy atom. The molecule has 0 unspecified atom stereocenters. The van der Waals surface area contributed by atoms with Crippen LogP contribution in [-0.4, -0.2) is 46.1 Å². The van der Waals surface area contributed by atoms with Crippen LogP contribution < -0.4 is 0 Å². The van der Waals surface area contributed by atoms with Crippen LogP contribution in [0.25, 0.3) is 0 Å². The first-order chi connectivity index (χ1) is 16.4. The zero-order valence-corrected chi connectivity index (χ0v) is 20.6. The van der Waals surface area contributed by atoms with Crippen molar-refractivity contribution in [2.45, 2.75) is 70.9 Å². The highest BCUT2D eigenvalue weighted by molar-refractivity contribution is 6.02. The lowest BCUT2D eigenvalue weighted by molar-refractivity contribution is -0.243. The van der Waals surface area contributed by atoms with Crippen molar-refractivity contribution in [3.8, 4) is 0 Å². The first kappa shape index (κ1) is 24.0. The van der Waals surface area contributed by atoms with E-state index in [4.69, 9.17) is 18.3 Å². The molecule has 2 aromatic heterocycles. The summed E-state index contributed by atoms with van der Waals surface area (Å²) >= 11 is 0. The zero-order chi connectivity index (χ0) is 25.3. The third-order valence-corrected chi connectivity index (χ3v) is 9.07. The SMILES string of the molecule is CC(=O)O[C@@H]1C[C@@H](C)[C@@]23C[C@@H]([C@@H](O)[C@@H](C(=O)c4ccoc4)[C@]2(C)[C@H]1C(=O)c1ccoc1)C(C)(C)O3. The van der Waals surface area contributed by atoms with Gasteiger partial charge in [-0.05, 0) is 44.7 Å². The van der Waals surface area contributed by atoms with Crippen LogP contribution in [0.15, 0.2) is 46.0 Å². The first-order valence-electron chi connectivity index (χ1n) is 12.1. The average molecular weight is 485 g/mol. The van der Waals surface area contributed by atoms with Gasteiger partial charge >= 0.3 is 5.97 Å². The van der Waals surface area contributed by atoms with E-state index >= 15 is 0 Å². The van der Waals surface area contributed by atoms with Crippen LogP contribution in [0.5, 0.6) is 0 Å². The Hall–Kier alpha value is -2.71. The van der Waals surface area contributed by atoms with E-state index in [1.165, 1.54) is 32.0 Å². The lowest BCUT2D eigenvalue weighted by atomic mass is 9.42. The molecule has 3 fully saturated rings. The van der Waals surface area contributed by atoms with Crippen molar-refractivity contribution in [1.29, 1.82) is 0 Å². The van der Waals surface area contributed by atoms with E-state index in [0.29, 0.717) is 24.0 Å². The molecular weight excluding hydrogens is 452 g/mol. The summed E-state index contributed by atoms with van der Waals surface area (Å²) in [5.41, 5.74) is -2.18. The van der Waals surface area contributed by atoms with Crippen molar-refractivity contribution >= 4 is 17.5 Å². The summed E-state index contributed by atoms with van der Waals surface area (Å²) in [5.74, 6) is -3.51. The van der Waals surface area contributed by atoms with Gasteiger partial charge in [0.2, 0.25) is 0 Å². The number of hydrogen-bond donors (Lipinski definition) is 1. The highest BCUT2D eigenvalue weighted by atomic mass is 16.6. The summed E-state index contributed by atoms with van der Waals surface area (Å²) in [7, 11) is 0. The molecular formula is C27H32O8. The van der Waals surface area contributed by atoms with Gasteiger partial charge in [-0.1, -0.05) is 13.8 Å². The molecule has 2 aromatic rings. The number of aliphatic hydroxyl groups excluding tert-OH is 1. The van der Waals surface area contributed by atoms with E-state index in [1.807, 2.05) is 27.7 Å². The van der Waals surface area contributed by atoms with Gasteiger partial charge in [0.15, 0.2) is 11.6 Å². The fourth-order valence-corrected chi connectivity index (χ4v) is 7.59. The Labute approximate surface area is 203 Å². The minimum Gasteiger partial charge on any atom is -0.472 e. The summed E-state index contributed by atoms with van der Waals surface area (Å²) in [6.45, 7) is 9.04. The van der Waals surface area contributed by atoms with Crippen molar-refractivity contribution in [1.82, 2.24) is 0 Å². The second-order valence-corrected chi connectivity index (χ2v) is 11.2. The van der Waals surface area contributed by atoms with E-state index in [2.05, 4.69) is 0 Å². The highest BCUT2D eigenvalue weighted by Crippen LogP contribution is 2.70. The van der Waals surface area contributed by atoms with E-state index in [0.717, 1.165) is 0 Å². The minimum atomic E-state index is -1.20. The third-order valence-electron chi connectivity index (χ3n) is 9.07. The molecule has 3 aliphatic rings. The Morgan fingerprint density at radius 3 is 2.09 bits per heavy atom. The molecule has 1 saturated heterocycles. The molecule has 8 heteroatoms. The molecule has 1 spiro atoms. The van der Waals surface area contributed by atoms with E-state index < -0.39 is 46.6 Å². The molecule has 1 aliphatic heterocycles. The summed E-state index contributed by atoms with van der Waals surface area (Å²) in [5, 5.41) is 11.8. The van der Waals surface area contributed by atoms with Crippen LogP contribution >= 0.6 is 0 Å². The van der Waals surface area contributed by atoms with Crippen molar-refractivity contribution in [3.05, 3.63) is 48.3 Å². The maximum Gasteiger partial charge on any atom is 0.302 e. The molecule has 0 aromatic carbocycles. The molecule has 8 atom stereocenters. The molecule has 1 N–H and O–H groups in total. The molecule has 2 bridgehead atoms. The normalized spacial score (nSPS) is 39.6. The number of furan rings is 2. The first-order valence-corrected chi connectivity index (χ1v) is 12.1. The largest absolute Gasteiger partial charge is 0.472 e. The lowest BCUT2D eigenvalue weighted by Gasteiger charge is -2.63. The van der Waals surface area contributed by atoms with E-state index in [1.54, 1.807) is 12.1 Å². The number of esters is 1. The van der Waals surface area contributed by atoms with Gasteiger partial charge in [0, 0.05) is 18.3 Å². The Morgan fingerprint density at radius 2 is 1.57 bits per heavy atom. The number of ether oxygens (including phenoxy) is 2. The van der Waals surface area contributed by atoms with Gasteiger partial charge in [-0.3, -0.25) is 14.4 Å². The van der Waals surface area contributed by atoms with Gasteiger partial charge in [-0.15, -0.1) is 0 Å². The van der Waals surface area contributed by atoms with Gasteiger partial charge < -0.3 is 23.4 Å². The lowest BCUT2D eigenvalue weighted by Crippen LogP contribution is -2.71. The molecule has 3 heterocycles. The molecule has 2 aliphatic carbocycles. The van der Waals surface area contributed by atoms with Crippen LogP contribution in [0.4, 0.5) is 0 Å². The second kappa shape index (κ2) is 7.90. The number of rotatable bonds is 5. The van der Waals surface area contributed by atoms with E-state index in [9.17, 15) is 19.5 Å². The molecule has 188 valence electrons. The number of aliphatic hydroxyl groups is 1. The summed E-state index contributed by atoms with van der Waals surface area (Å²) in [6.07, 6.45) is 4.56. The average Bonchev–Trinajstić information content (AvgIpc) is 3.51. The van der Waals surface area contributed by atoms with Crippen LogP contribution in [0.3, 0.4) is 0 Å². The van der Waals surface area contributed by atoms with Crippen LogP contribution in [0, 0.1) is 29.1 Å². The standard InChI is InChI=1S/C27H32O8/c1-14-10-19(34-15(2)28)20(22(29)16-6-8-32-12-16)26(5)21(23(30)17-7-9-33-13-17)24(31)18-11-27(14,26)35-25(18,3)4/h6-9,12-14,18-21,24,31H,10-11H2,1-5H3/t14-,18+,19-,20-,21-,24-,26+,27+/m1/s1.